The van der Waals surface area contributed by atoms with Crippen LogP contribution in [0.2, 0.25) is 0 Å². The van der Waals surface area contributed by atoms with Crippen molar-refractivity contribution in [3.63, 3.8) is 0 Å². The van der Waals surface area contributed by atoms with E-state index in [2.05, 4.69) is 27.1 Å². The molecule has 0 amide bonds. The zero-order chi connectivity index (χ0) is 25.8. The highest BCUT2D eigenvalue weighted by Crippen LogP contribution is 2.37. The first-order chi connectivity index (χ1) is 18.1. The number of hydrogen-bond donors (Lipinski definition) is 1. The number of ether oxygens (including phenoxy) is 2. The fourth-order valence-electron chi connectivity index (χ4n) is 5.46. The van der Waals surface area contributed by atoms with Crippen molar-refractivity contribution in [2.75, 3.05) is 32.3 Å². The fraction of sp³-hybridized carbons (Fsp3) is 0.414. The van der Waals surface area contributed by atoms with Gasteiger partial charge in [0.15, 0.2) is 0 Å². The second-order valence-electron chi connectivity index (χ2n) is 9.83. The van der Waals surface area contributed by atoms with Crippen LogP contribution in [-0.4, -0.2) is 52.2 Å². The van der Waals surface area contributed by atoms with Gasteiger partial charge in [0.2, 0.25) is 0 Å². The lowest BCUT2D eigenvalue weighted by atomic mass is 9.92. The van der Waals surface area contributed by atoms with Gasteiger partial charge < -0.3 is 19.5 Å². The molecule has 1 aliphatic carbocycles. The summed E-state index contributed by atoms with van der Waals surface area (Å²) in [5.74, 6) is 2.52. The summed E-state index contributed by atoms with van der Waals surface area (Å²) in [7, 11) is 5.23. The molecule has 8 heteroatoms. The Bertz CT molecular complexity index is 1330. The summed E-state index contributed by atoms with van der Waals surface area (Å²) in [6, 6.07) is 12.2. The number of nitrogens with zero attached hydrogens (tertiary/aromatic N) is 5. The maximum Gasteiger partial charge on any atom is 0.124 e. The number of aromatic nitrogens is 4. The van der Waals surface area contributed by atoms with Crippen LogP contribution in [0.1, 0.15) is 32.1 Å². The van der Waals surface area contributed by atoms with Crippen LogP contribution in [0.3, 0.4) is 0 Å². The van der Waals surface area contributed by atoms with Crippen LogP contribution in [0.4, 0.5) is 11.4 Å². The van der Waals surface area contributed by atoms with Gasteiger partial charge in [-0.3, -0.25) is 9.67 Å². The van der Waals surface area contributed by atoms with Gasteiger partial charge in [0.05, 0.1) is 43.3 Å². The van der Waals surface area contributed by atoms with E-state index in [0.717, 1.165) is 71.0 Å². The van der Waals surface area contributed by atoms with Crippen LogP contribution in [-0.2, 0) is 7.05 Å². The van der Waals surface area contributed by atoms with E-state index in [1.165, 1.54) is 12.8 Å². The van der Waals surface area contributed by atoms with Crippen molar-refractivity contribution in [1.29, 1.82) is 0 Å². The Morgan fingerprint density at radius 3 is 2.46 bits per heavy atom. The molecule has 5 rings (SSSR count). The monoisotopic (exact) mass is 501 g/mol. The van der Waals surface area contributed by atoms with Crippen molar-refractivity contribution >= 4 is 22.4 Å². The second-order valence-corrected chi connectivity index (χ2v) is 9.83. The third kappa shape index (κ3) is 5.54. The zero-order valence-corrected chi connectivity index (χ0v) is 21.8. The minimum absolute atomic E-state index is 0.296. The van der Waals surface area contributed by atoms with Crippen LogP contribution in [0.15, 0.2) is 55.0 Å². The molecule has 0 spiro atoms. The maximum absolute atomic E-state index is 9.77. The molecule has 0 radical (unpaired) electrons. The van der Waals surface area contributed by atoms with Crippen molar-refractivity contribution in [3.8, 4) is 22.8 Å². The molecule has 1 saturated carbocycles. The third-order valence-electron chi connectivity index (χ3n) is 7.49. The lowest BCUT2D eigenvalue weighted by Crippen LogP contribution is -2.20. The summed E-state index contributed by atoms with van der Waals surface area (Å²) in [5.41, 5.74) is 5.43. The Morgan fingerprint density at radius 2 is 1.76 bits per heavy atom. The third-order valence-corrected chi connectivity index (χ3v) is 7.49. The molecule has 0 aliphatic heterocycles. The molecular formula is C29H35N5O3. The summed E-state index contributed by atoms with van der Waals surface area (Å²) in [6.07, 6.45) is 11.2. The van der Waals surface area contributed by atoms with E-state index in [1.807, 2.05) is 37.5 Å². The number of hydrogen-bond acceptors (Lipinski definition) is 7. The topological polar surface area (TPSA) is 85.5 Å². The minimum atomic E-state index is 0.296. The number of methoxy groups -OCH3 is 2. The molecule has 1 fully saturated rings. The maximum atomic E-state index is 9.77. The Hall–Kier alpha value is -3.65. The number of anilines is 2. The van der Waals surface area contributed by atoms with Crippen LogP contribution >= 0.6 is 0 Å². The summed E-state index contributed by atoms with van der Waals surface area (Å²) in [5, 5.41) is 14.0. The lowest BCUT2D eigenvalue weighted by Gasteiger charge is -2.27. The number of aryl methyl sites for hydroxylation is 1. The Kier molecular flexibility index (Phi) is 7.55. The normalized spacial score (nSPS) is 17.3. The number of aliphatic hydroxyl groups excluding tert-OH is 1. The van der Waals surface area contributed by atoms with Crippen molar-refractivity contribution < 1.29 is 14.6 Å². The minimum Gasteiger partial charge on any atom is -0.497 e. The van der Waals surface area contributed by atoms with Gasteiger partial charge >= 0.3 is 0 Å². The first-order valence-electron chi connectivity index (χ1n) is 12.9. The van der Waals surface area contributed by atoms with Gasteiger partial charge in [0, 0.05) is 61.5 Å². The molecule has 2 aromatic carbocycles. The highest BCUT2D eigenvalue weighted by Gasteiger charge is 2.26. The van der Waals surface area contributed by atoms with Crippen molar-refractivity contribution in [2.45, 2.75) is 32.1 Å². The molecule has 1 unspecified atom stereocenters. The molecular weight excluding hydrogens is 466 g/mol. The molecule has 1 aliphatic rings. The fourth-order valence-corrected chi connectivity index (χ4v) is 5.46. The predicted octanol–water partition coefficient (Wildman–Crippen LogP) is 5.37. The average Bonchev–Trinajstić information content (AvgIpc) is 3.58. The molecule has 2 aromatic heterocycles. The molecule has 0 bridgehead atoms. The molecule has 8 nitrogen and oxygen atoms in total. The van der Waals surface area contributed by atoms with Gasteiger partial charge in [-0.25, -0.2) is 4.98 Å². The van der Waals surface area contributed by atoms with E-state index in [1.54, 1.807) is 31.3 Å². The van der Waals surface area contributed by atoms with Gasteiger partial charge in [0.1, 0.15) is 11.5 Å². The standard InChI is InChI=1S/C29H35N5O3/c1-33-18-22(16-31-33)29-17-30-27-10-9-23(14-28(27)32-29)34(11-5-8-20-6-4-7-21(20)19-35)24-12-25(36-2)15-26(13-24)37-3/h9-10,12-18,20-21,35H,4-8,11,19H2,1-3H3/t20?,21-/m0/s1. The highest BCUT2D eigenvalue weighted by molar-refractivity contribution is 5.82. The SMILES string of the molecule is COc1cc(OC)cc(N(CCCC2CCC[C@H]2CO)c2ccc3ncc(-c4cnn(C)c4)nc3c2)c1. The van der Waals surface area contributed by atoms with Gasteiger partial charge in [-0.05, 0) is 49.3 Å². The predicted molar refractivity (Wildman–Crippen MR) is 145 cm³/mol. The van der Waals surface area contributed by atoms with Crippen LogP contribution in [0, 0.1) is 11.8 Å². The molecule has 0 saturated heterocycles. The van der Waals surface area contributed by atoms with E-state index in [-0.39, 0.29) is 0 Å². The average molecular weight is 502 g/mol. The van der Waals surface area contributed by atoms with Crippen molar-refractivity contribution in [1.82, 2.24) is 19.7 Å². The number of rotatable bonds is 10. The van der Waals surface area contributed by atoms with E-state index < -0.39 is 0 Å². The summed E-state index contributed by atoms with van der Waals surface area (Å²) >= 11 is 0. The smallest absolute Gasteiger partial charge is 0.124 e. The van der Waals surface area contributed by atoms with Crippen molar-refractivity contribution in [3.05, 3.63) is 55.0 Å². The van der Waals surface area contributed by atoms with E-state index in [9.17, 15) is 5.11 Å². The van der Waals surface area contributed by atoms with Crippen LogP contribution in [0.5, 0.6) is 11.5 Å². The summed E-state index contributed by atoms with van der Waals surface area (Å²) in [6.45, 7) is 1.12. The van der Waals surface area contributed by atoms with Gasteiger partial charge in [-0.2, -0.15) is 5.10 Å². The lowest BCUT2D eigenvalue weighted by molar-refractivity contribution is 0.188. The number of aliphatic hydroxyl groups is 1. The molecule has 37 heavy (non-hydrogen) atoms. The molecule has 4 aromatic rings. The highest BCUT2D eigenvalue weighted by atomic mass is 16.5. The van der Waals surface area contributed by atoms with E-state index in [0.29, 0.717) is 18.4 Å². The Labute approximate surface area is 217 Å². The van der Waals surface area contributed by atoms with E-state index in [4.69, 9.17) is 14.5 Å². The first-order valence-corrected chi connectivity index (χ1v) is 12.9. The van der Waals surface area contributed by atoms with Gasteiger partial charge in [0.25, 0.3) is 0 Å². The summed E-state index contributed by atoms with van der Waals surface area (Å²) in [4.78, 5) is 11.9. The van der Waals surface area contributed by atoms with Crippen LogP contribution in [0.25, 0.3) is 22.3 Å². The van der Waals surface area contributed by atoms with E-state index >= 15 is 0 Å². The molecule has 194 valence electrons. The summed E-state index contributed by atoms with van der Waals surface area (Å²) < 4.78 is 12.9. The molecule has 2 atom stereocenters. The van der Waals surface area contributed by atoms with Crippen molar-refractivity contribution in [2.24, 2.45) is 18.9 Å². The molecule has 2 heterocycles. The van der Waals surface area contributed by atoms with Gasteiger partial charge in [-0.1, -0.05) is 12.8 Å². The quantitative estimate of drug-likeness (QED) is 0.312. The van der Waals surface area contributed by atoms with Gasteiger partial charge in [-0.15, -0.1) is 0 Å². The van der Waals surface area contributed by atoms with Crippen LogP contribution < -0.4 is 14.4 Å². The number of fused-ring (bicyclic) bond motifs is 1. The first kappa shape index (κ1) is 25.0. The number of benzene rings is 2. The Morgan fingerprint density at radius 1 is 0.973 bits per heavy atom. The largest absolute Gasteiger partial charge is 0.497 e. The Balaban J connectivity index is 1.48. The zero-order valence-electron chi connectivity index (χ0n) is 21.8. The second kappa shape index (κ2) is 11.2. The molecule has 1 N–H and O–H groups in total.